The van der Waals surface area contributed by atoms with E-state index < -0.39 is 0 Å². The number of H-pyrrole nitrogens is 1. The van der Waals surface area contributed by atoms with Crippen molar-refractivity contribution >= 4 is 38.5 Å². The SMILES string of the molecule is O=c1c2cc3ccccc3cc2nc2ccc3n[nH]nc3n12. The van der Waals surface area contributed by atoms with Gasteiger partial charge in [-0.05, 0) is 35.0 Å². The number of hydrogen-bond acceptors (Lipinski definition) is 4. The number of nitrogens with zero attached hydrogens (tertiary/aromatic N) is 4. The molecule has 0 saturated heterocycles. The van der Waals surface area contributed by atoms with Crippen molar-refractivity contribution in [1.29, 1.82) is 0 Å². The van der Waals surface area contributed by atoms with E-state index in [9.17, 15) is 4.79 Å². The highest BCUT2D eigenvalue weighted by atomic mass is 16.1. The van der Waals surface area contributed by atoms with Gasteiger partial charge in [0.25, 0.3) is 5.56 Å². The van der Waals surface area contributed by atoms with E-state index in [0.717, 1.165) is 10.8 Å². The van der Waals surface area contributed by atoms with E-state index in [1.165, 1.54) is 4.40 Å². The van der Waals surface area contributed by atoms with Crippen LogP contribution in [0.4, 0.5) is 0 Å². The summed E-state index contributed by atoms with van der Waals surface area (Å²) in [7, 11) is 0. The van der Waals surface area contributed by atoms with Crippen LogP contribution in [0.2, 0.25) is 0 Å². The lowest BCUT2D eigenvalue weighted by atomic mass is 10.1. The van der Waals surface area contributed by atoms with Gasteiger partial charge >= 0.3 is 0 Å². The lowest BCUT2D eigenvalue weighted by Crippen LogP contribution is -2.16. The average Bonchev–Trinajstić information content (AvgIpc) is 3.02. The van der Waals surface area contributed by atoms with Gasteiger partial charge in [-0.2, -0.15) is 10.3 Å². The lowest BCUT2D eigenvalue weighted by molar-refractivity contribution is 0.946. The van der Waals surface area contributed by atoms with E-state index in [2.05, 4.69) is 20.4 Å². The number of aromatic nitrogens is 5. The molecule has 5 aromatic rings. The molecular formula is C16H9N5O. The predicted octanol–water partition coefficient (Wildman–Crippen LogP) is 2.27. The molecule has 0 amide bonds. The molecule has 0 radical (unpaired) electrons. The van der Waals surface area contributed by atoms with Crippen LogP contribution in [0.15, 0.2) is 53.3 Å². The molecule has 0 aliphatic rings. The molecule has 0 spiro atoms. The Morgan fingerprint density at radius 2 is 1.73 bits per heavy atom. The van der Waals surface area contributed by atoms with Crippen LogP contribution in [0.5, 0.6) is 0 Å². The van der Waals surface area contributed by atoms with Crippen molar-refractivity contribution < 1.29 is 0 Å². The first-order valence-corrected chi connectivity index (χ1v) is 6.86. The first-order valence-electron chi connectivity index (χ1n) is 6.86. The largest absolute Gasteiger partial charge is 0.268 e. The number of nitrogens with one attached hydrogen (secondary N) is 1. The second-order valence-electron chi connectivity index (χ2n) is 5.19. The first kappa shape index (κ1) is 11.4. The van der Waals surface area contributed by atoms with Crippen LogP contribution >= 0.6 is 0 Å². The summed E-state index contributed by atoms with van der Waals surface area (Å²) in [5.74, 6) is 0. The Morgan fingerprint density at radius 3 is 2.59 bits per heavy atom. The molecule has 3 aromatic heterocycles. The number of fused-ring (bicyclic) bond motifs is 5. The molecular weight excluding hydrogens is 278 g/mol. The number of rotatable bonds is 0. The second-order valence-corrected chi connectivity index (χ2v) is 5.19. The minimum atomic E-state index is -0.134. The van der Waals surface area contributed by atoms with Crippen LogP contribution in [0.1, 0.15) is 0 Å². The van der Waals surface area contributed by atoms with Crippen molar-refractivity contribution in [2.24, 2.45) is 0 Å². The van der Waals surface area contributed by atoms with Crippen LogP contribution in [-0.4, -0.2) is 24.8 Å². The first-order chi connectivity index (χ1) is 10.8. The third-order valence-electron chi connectivity index (χ3n) is 3.92. The van der Waals surface area contributed by atoms with Gasteiger partial charge in [0.05, 0.1) is 10.9 Å². The predicted molar refractivity (Wildman–Crippen MR) is 83.9 cm³/mol. The lowest BCUT2D eigenvalue weighted by Gasteiger charge is -2.05. The summed E-state index contributed by atoms with van der Waals surface area (Å²) in [5, 5.41) is 13.3. The summed E-state index contributed by atoms with van der Waals surface area (Å²) in [4.78, 5) is 17.5. The zero-order valence-electron chi connectivity index (χ0n) is 11.3. The highest BCUT2D eigenvalue weighted by molar-refractivity contribution is 5.97. The molecule has 0 aliphatic heterocycles. The summed E-state index contributed by atoms with van der Waals surface area (Å²) in [6.45, 7) is 0. The number of pyridine rings is 1. The van der Waals surface area contributed by atoms with Gasteiger partial charge in [0.15, 0.2) is 5.65 Å². The van der Waals surface area contributed by atoms with Gasteiger partial charge in [-0.1, -0.05) is 24.3 Å². The van der Waals surface area contributed by atoms with Gasteiger partial charge in [-0.3, -0.25) is 4.79 Å². The van der Waals surface area contributed by atoms with Crippen molar-refractivity contribution in [3.8, 4) is 0 Å². The van der Waals surface area contributed by atoms with Crippen molar-refractivity contribution in [1.82, 2.24) is 24.8 Å². The van der Waals surface area contributed by atoms with Crippen LogP contribution in [-0.2, 0) is 0 Å². The zero-order chi connectivity index (χ0) is 14.7. The maximum atomic E-state index is 12.9. The molecule has 2 aromatic carbocycles. The fourth-order valence-corrected chi connectivity index (χ4v) is 2.87. The summed E-state index contributed by atoms with van der Waals surface area (Å²) in [6.07, 6.45) is 0. The molecule has 22 heavy (non-hydrogen) atoms. The van der Waals surface area contributed by atoms with Crippen molar-refractivity contribution in [2.45, 2.75) is 0 Å². The van der Waals surface area contributed by atoms with E-state index in [4.69, 9.17) is 0 Å². The van der Waals surface area contributed by atoms with Crippen molar-refractivity contribution in [3.05, 3.63) is 58.9 Å². The molecule has 0 aliphatic carbocycles. The Morgan fingerprint density at radius 1 is 0.909 bits per heavy atom. The topological polar surface area (TPSA) is 75.9 Å². The van der Waals surface area contributed by atoms with Gasteiger partial charge in [-0.25, -0.2) is 9.38 Å². The fraction of sp³-hybridized carbons (Fsp3) is 0. The van der Waals surface area contributed by atoms with E-state index in [-0.39, 0.29) is 5.56 Å². The molecule has 0 atom stereocenters. The number of aromatic amines is 1. The van der Waals surface area contributed by atoms with Crippen LogP contribution < -0.4 is 5.56 Å². The Labute approximate surface area is 123 Å². The van der Waals surface area contributed by atoms with E-state index in [0.29, 0.717) is 27.7 Å². The molecule has 6 heteroatoms. The Balaban J connectivity index is 2.08. The number of hydrogen-bond donors (Lipinski definition) is 1. The minimum absolute atomic E-state index is 0.134. The minimum Gasteiger partial charge on any atom is -0.268 e. The summed E-state index contributed by atoms with van der Waals surface area (Å²) in [6, 6.07) is 15.3. The monoisotopic (exact) mass is 287 g/mol. The smallest absolute Gasteiger partial charge is 0.267 e. The molecule has 0 saturated carbocycles. The maximum Gasteiger partial charge on any atom is 0.267 e. The quantitative estimate of drug-likeness (QED) is 0.443. The molecule has 1 N–H and O–H groups in total. The van der Waals surface area contributed by atoms with Gasteiger partial charge in [0.1, 0.15) is 11.2 Å². The fourth-order valence-electron chi connectivity index (χ4n) is 2.87. The second kappa shape index (κ2) is 3.88. The summed E-state index contributed by atoms with van der Waals surface area (Å²) >= 11 is 0. The van der Waals surface area contributed by atoms with Crippen LogP contribution in [0, 0.1) is 0 Å². The Bertz CT molecular complexity index is 1250. The van der Waals surface area contributed by atoms with E-state index in [1.807, 2.05) is 36.4 Å². The van der Waals surface area contributed by atoms with Crippen molar-refractivity contribution in [3.63, 3.8) is 0 Å². The number of benzene rings is 2. The summed E-state index contributed by atoms with van der Waals surface area (Å²) < 4.78 is 1.50. The standard InChI is InChI=1S/C16H9N5O/c22-16-11-7-9-3-1-2-4-10(9)8-13(11)17-14-6-5-12-15(21(14)16)19-20-18-12/h1-8H,(H,18,19,20). The third-order valence-corrected chi connectivity index (χ3v) is 3.92. The maximum absolute atomic E-state index is 12.9. The molecule has 0 unspecified atom stereocenters. The zero-order valence-corrected chi connectivity index (χ0v) is 11.3. The molecule has 5 rings (SSSR count). The van der Waals surface area contributed by atoms with Gasteiger partial charge in [-0.15, -0.1) is 5.10 Å². The molecule has 6 nitrogen and oxygen atoms in total. The molecule has 0 fully saturated rings. The van der Waals surface area contributed by atoms with Crippen molar-refractivity contribution in [2.75, 3.05) is 0 Å². The Kier molecular flexibility index (Phi) is 2.01. The average molecular weight is 287 g/mol. The van der Waals surface area contributed by atoms with Gasteiger partial charge < -0.3 is 0 Å². The van der Waals surface area contributed by atoms with Crippen LogP contribution in [0.3, 0.4) is 0 Å². The highest BCUT2D eigenvalue weighted by Crippen LogP contribution is 2.20. The van der Waals surface area contributed by atoms with E-state index in [1.54, 1.807) is 12.1 Å². The van der Waals surface area contributed by atoms with Gasteiger partial charge in [0, 0.05) is 0 Å². The van der Waals surface area contributed by atoms with E-state index >= 15 is 0 Å². The third kappa shape index (κ3) is 1.38. The Hall–Kier alpha value is -3.28. The molecule has 0 bridgehead atoms. The highest BCUT2D eigenvalue weighted by Gasteiger charge is 2.11. The van der Waals surface area contributed by atoms with Crippen LogP contribution in [0.25, 0.3) is 38.5 Å². The molecule has 3 heterocycles. The normalized spacial score (nSPS) is 11.8. The molecule has 104 valence electrons. The summed E-state index contributed by atoms with van der Waals surface area (Å²) in [5.41, 5.74) is 2.24. The van der Waals surface area contributed by atoms with Gasteiger partial charge in [0.2, 0.25) is 0 Å².